The van der Waals surface area contributed by atoms with Crippen LogP contribution in [-0.2, 0) is 0 Å². The summed E-state index contributed by atoms with van der Waals surface area (Å²) in [5.41, 5.74) is 2.16. The number of rotatable bonds is 5. The van der Waals surface area contributed by atoms with Crippen LogP contribution < -0.4 is 10.6 Å². The third kappa shape index (κ3) is 4.25. The van der Waals surface area contributed by atoms with Crippen LogP contribution >= 0.6 is 0 Å². The van der Waals surface area contributed by atoms with Gasteiger partial charge in [0.05, 0.1) is 12.0 Å². The lowest BCUT2D eigenvalue weighted by Crippen LogP contribution is -2.14. The van der Waals surface area contributed by atoms with E-state index in [0.29, 0.717) is 28.2 Å². The fourth-order valence-corrected chi connectivity index (χ4v) is 2.90. The maximum Gasteiger partial charge on any atom is 0.255 e. The number of hydrogen-bond acceptors (Lipinski definition) is 3. The highest BCUT2D eigenvalue weighted by Crippen LogP contribution is 2.19. The van der Waals surface area contributed by atoms with Gasteiger partial charge in [-0.05, 0) is 54.6 Å². The van der Waals surface area contributed by atoms with Crippen molar-refractivity contribution in [2.24, 2.45) is 0 Å². The monoisotopic (exact) mass is 400 g/mol. The van der Waals surface area contributed by atoms with Crippen LogP contribution in [0.3, 0.4) is 0 Å². The summed E-state index contributed by atoms with van der Waals surface area (Å²) in [6.07, 6.45) is 4.69. The van der Waals surface area contributed by atoms with Crippen molar-refractivity contribution in [1.82, 2.24) is 9.55 Å². The van der Waals surface area contributed by atoms with Gasteiger partial charge in [0.1, 0.15) is 5.82 Å². The Balaban J connectivity index is 1.41. The normalized spacial score (nSPS) is 10.4. The van der Waals surface area contributed by atoms with E-state index in [1.165, 1.54) is 12.4 Å². The van der Waals surface area contributed by atoms with Crippen molar-refractivity contribution in [3.63, 3.8) is 0 Å². The molecule has 4 rings (SSSR count). The van der Waals surface area contributed by atoms with Crippen molar-refractivity contribution in [3.8, 4) is 5.69 Å². The van der Waals surface area contributed by atoms with Crippen LogP contribution in [0.15, 0.2) is 91.5 Å². The molecule has 0 atom stereocenters. The molecule has 0 aliphatic heterocycles. The van der Waals surface area contributed by atoms with Crippen LogP contribution in [0, 0.1) is 5.82 Å². The summed E-state index contributed by atoms with van der Waals surface area (Å²) in [6, 6.07) is 19.7. The number of carbonyl (C=O) groups is 2. The van der Waals surface area contributed by atoms with Crippen molar-refractivity contribution < 1.29 is 14.0 Å². The number of hydrogen-bond donors (Lipinski definition) is 2. The van der Waals surface area contributed by atoms with Gasteiger partial charge in [0.15, 0.2) is 0 Å². The van der Waals surface area contributed by atoms with E-state index in [9.17, 15) is 14.0 Å². The summed E-state index contributed by atoms with van der Waals surface area (Å²) < 4.78 is 15.9. The van der Waals surface area contributed by atoms with Gasteiger partial charge in [-0.3, -0.25) is 9.59 Å². The fourth-order valence-electron chi connectivity index (χ4n) is 2.90. The van der Waals surface area contributed by atoms with Gasteiger partial charge < -0.3 is 15.2 Å². The molecule has 1 aromatic heterocycles. The predicted molar refractivity (Wildman–Crippen MR) is 112 cm³/mol. The van der Waals surface area contributed by atoms with Gasteiger partial charge in [0.2, 0.25) is 0 Å². The summed E-state index contributed by atoms with van der Waals surface area (Å²) in [7, 11) is 0. The molecule has 4 aromatic rings. The zero-order chi connectivity index (χ0) is 20.9. The summed E-state index contributed by atoms with van der Waals surface area (Å²) in [4.78, 5) is 28.5. The van der Waals surface area contributed by atoms with E-state index in [1.807, 2.05) is 6.07 Å². The molecule has 0 spiro atoms. The third-order valence-electron chi connectivity index (χ3n) is 4.43. The Kier molecular flexibility index (Phi) is 5.34. The van der Waals surface area contributed by atoms with Crippen molar-refractivity contribution in [3.05, 3.63) is 108 Å². The molecule has 0 fully saturated rings. The maximum absolute atomic E-state index is 14.3. The molecule has 1 heterocycles. The minimum absolute atomic E-state index is 0.235. The van der Waals surface area contributed by atoms with E-state index in [-0.39, 0.29) is 11.8 Å². The fraction of sp³-hybridized carbons (Fsp3) is 0. The summed E-state index contributed by atoms with van der Waals surface area (Å²) >= 11 is 0. The van der Waals surface area contributed by atoms with Gasteiger partial charge in [-0.2, -0.15) is 0 Å². The number of amides is 2. The molecule has 30 heavy (non-hydrogen) atoms. The zero-order valence-corrected chi connectivity index (χ0v) is 15.7. The molecular formula is C23H17FN4O2. The number of halogens is 1. The molecule has 0 bridgehead atoms. The molecule has 0 saturated carbocycles. The molecule has 3 aromatic carbocycles. The number of nitrogens with zero attached hydrogens (tertiary/aromatic N) is 2. The molecule has 7 heteroatoms. The largest absolute Gasteiger partial charge is 0.322 e. The lowest BCUT2D eigenvalue weighted by molar-refractivity contribution is 0.102. The van der Waals surface area contributed by atoms with Gasteiger partial charge in [0.25, 0.3) is 11.8 Å². The first-order chi connectivity index (χ1) is 14.6. The van der Waals surface area contributed by atoms with Crippen LogP contribution in [0.4, 0.5) is 15.8 Å². The summed E-state index contributed by atoms with van der Waals surface area (Å²) in [5, 5.41) is 5.44. The Hall–Kier alpha value is -4.26. The van der Waals surface area contributed by atoms with E-state index in [1.54, 1.807) is 77.6 Å². The zero-order valence-electron chi connectivity index (χ0n) is 15.7. The highest BCUT2D eigenvalue weighted by Gasteiger charge is 2.11. The first-order valence-corrected chi connectivity index (χ1v) is 9.16. The number of carbonyl (C=O) groups excluding carboxylic acids is 2. The molecule has 0 aliphatic rings. The molecule has 6 nitrogen and oxygen atoms in total. The molecule has 0 saturated heterocycles. The smallest absolute Gasteiger partial charge is 0.255 e. The van der Waals surface area contributed by atoms with Crippen LogP contribution in [0.5, 0.6) is 0 Å². The van der Waals surface area contributed by atoms with E-state index < -0.39 is 5.82 Å². The van der Waals surface area contributed by atoms with Crippen LogP contribution in [0.1, 0.15) is 20.7 Å². The Bertz CT molecular complexity index is 1170. The van der Waals surface area contributed by atoms with E-state index >= 15 is 0 Å². The lowest BCUT2D eigenvalue weighted by atomic mass is 10.1. The third-order valence-corrected chi connectivity index (χ3v) is 4.43. The Morgan fingerprint density at radius 2 is 1.43 bits per heavy atom. The summed E-state index contributed by atoms with van der Waals surface area (Å²) in [5.74, 6) is -1.10. The van der Waals surface area contributed by atoms with Crippen LogP contribution in [0.2, 0.25) is 0 Å². The second-order valence-corrected chi connectivity index (χ2v) is 6.49. The van der Waals surface area contributed by atoms with Crippen molar-refractivity contribution >= 4 is 23.2 Å². The minimum Gasteiger partial charge on any atom is -0.322 e. The maximum atomic E-state index is 14.3. The first kappa shape index (κ1) is 19.1. The predicted octanol–water partition coefficient (Wildman–Crippen LogP) is 4.52. The highest BCUT2D eigenvalue weighted by molar-refractivity contribution is 6.06. The second-order valence-electron chi connectivity index (χ2n) is 6.49. The standard InChI is InChI=1S/C23H17FN4O2/c24-20-14-19(10-11-21(20)28-13-12-25-15-28)27-23(30)17-6-8-18(9-7-17)26-22(29)16-4-2-1-3-5-16/h1-15H,(H,26,29)(H,27,30). The average molecular weight is 400 g/mol. The number of nitrogens with one attached hydrogen (secondary N) is 2. The van der Waals surface area contributed by atoms with Crippen molar-refractivity contribution in [2.45, 2.75) is 0 Å². The van der Waals surface area contributed by atoms with Gasteiger partial charge in [0, 0.05) is 34.9 Å². The van der Waals surface area contributed by atoms with Crippen LogP contribution in [0.25, 0.3) is 5.69 Å². The first-order valence-electron chi connectivity index (χ1n) is 9.16. The minimum atomic E-state index is -0.482. The Morgan fingerprint density at radius 3 is 2.07 bits per heavy atom. The Labute approximate surface area is 172 Å². The van der Waals surface area contributed by atoms with Crippen molar-refractivity contribution in [1.29, 1.82) is 0 Å². The molecule has 0 aliphatic carbocycles. The highest BCUT2D eigenvalue weighted by atomic mass is 19.1. The summed E-state index contributed by atoms with van der Waals surface area (Å²) in [6.45, 7) is 0. The Morgan fingerprint density at radius 1 is 0.800 bits per heavy atom. The second kappa shape index (κ2) is 8.40. The molecule has 0 unspecified atom stereocenters. The molecule has 148 valence electrons. The molecular weight excluding hydrogens is 383 g/mol. The number of aromatic nitrogens is 2. The lowest BCUT2D eigenvalue weighted by Gasteiger charge is -2.09. The number of imidazole rings is 1. The van der Waals surface area contributed by atoms with Gasteiger partial charge in [-0.25, -0.2) is 9.37 Å². The number of benzene rings is 3. The van der Waals surface area contributed by atoms with E-state index in [4.69, 9.17) is 0 Å². The van der Waals surface area contributed by atoms with Gasteiger partial charge in [-0.15, -0.1) is 0 Å². The molecule has 2 amide bonds. The average Bonchev–Trinajstić information content (AvgIpc) is 3.29. The van der Waals surface area contributed by atoms with E-state index in [2.05, 4.69) is 15.6 Å². The van der Waals surface area contributed by atoms with Crippen molar-refractivity contribution in [2.75, 3.05) is 10.6 Å². The van der Waals surface area contributed by atoms with Gasteiger partial charge in [-0.1, -0.05) is 18.2 Å². The van der Waals surface area contributed by atoms with Gasteiger partial charge >= 0.3 is 0 Å². The molecule has 2 N–H and O–H groups in total. The topological polar surface area (TPSA) is 76.0 Å². The number of anilines is 2. The quantitative estimate of drug-likeness (QED) is 0.517. The molecule has 0 radical (unpaired) electrons. The SMILES string of the molecule is O=C(Nc1ccc(C(=O)Nc2ccc(-n3ccnc3)c(F)c2)cc1)c1ccccc1. The van der Waals surface area contributed by atoms with E-state index in [0.717, 1.165) is 0 Å². The van der Waals surface area contributed by atoms with Crippen LogP contribution in [-0.4, -0.2) is 21.4 Å².